The highest BCUT2D eigenvalue weighted by molar-refractivity contribution is 7.89. The molecule has 4 rings (SSSR count). The fourth-order valence-corrected chi connectivity index (χ4v) is 6.74. The minimum Gasteiger partial charge on any atom is -0.497 e. The van der Waals surface area contributed by atoms with Gasteiger partial charge in [-0.3, -0.25) is 9.59 Å². The number of carbonyl (C=O) groups excluding carboxylic acids is 2. The molecule has 0 aliphatic carbocycles. The second-order valence-corrected chi connectivity index (χ2v) is 11.1. The Balaban J connectivity index is 1.47. The zero-order valence-electron chi connectivity index (χ0n) is 20.9. The molecule has 2 amide bonds. The number of hydrogen-bond acceptors (Lipinski definition) is 6. The van der Waals surface area contributed by atoms with Crippen LogP contribution in [-0.4, -0.2) is 68.8 Å². The highest BCUT2D eigenvalue weighted by atomic mass is 32.2. The number of rotatable bonds is 8. The maximum atomic E-state index is 13.6. The van der Waals surface area contributed by atoms with Crippen LogP contribution in [0, 0.1) is 6.92 Å². The Morgan fingerprint density at radius 3 is 2.47 bits per heavy atom. The van der Waals surface area contributed by atoms with Crippen LogP contribution in [0.5, 0.6) is 11.5 Å². The molecule has 0 spiro atoms. The van der Waals surface area contributed by atoms with E-state index < -0.39 is 22.1 Å². The molecule has 2 heterocycles. The standard InChI is InChI=1S/C26H33N3O6S/c1-18-15-21(11-12-24(18)35-3)36(32,33)29-14-6-10-23(29)26(31)28-13-5-9-22(28)25(30)27-17-19-7-4-8-20(16-19)34-2/h4,7-8,11-12,15-16,22-23H,5-6,9-10,13-14,17H2,1-3H3,(H,27,30)/t22-,23-/m0/s1. The van der Waals surface area contributed by atoms with Crippen molar-refractivity contribution >= 4 is 21.8 Å². The zero-order valence-corrected chi connectivity index (χ0v) is 21.7. The number of hydrogen-bond donors (Lipinski definition) is 1. The van der Waals surface area contributed by atoms with Gasteiger partial charge in [-0.25, -0.2) is 8.42 Å². The lowest BCUT2D eigenvalue weighted by atomic mass is 10.1. The highest BCUT2D eigenvalue weighted by Crippen LogP contribution is 2.31. The molecule has 2 aliphatic rings. The number of amides is 2. The van der Waals surface area contributed by atoms with Crippen LogP contribution in [-0.2, 0) is 26.2 Å². The summed E-state index contributed by atoms with van der Waals surface area (Å²) in [6.45, 7) is 2.80. The van der Waals surface area contributed by atoms with E-state index in [2.05, 4.69) is 5.32 Å². The maximum absolute atomic E-state index is 13.6. The van der Waals surface area contributed by atoms with Crippen molar-refractivity contribution in [3.05, 3.63) is 53.6 Å². The topological polar surface area (TPSA) is 105 Å². The van der Waals surface area contributed by atoms with E-state index in [1.54, 1.807) is 31.1 Å². The first-order chi connectivity index (χ1) is 17.3. The normalized spacial score (nSPS) is 20.4. The van der Waals surface area contributed by atoms with Crippen LogP contribution < -0.4 is 14.8 Å². The third kappa shape index (κ3) is 5.19. The third-order valence-corrected chi connectivity index (χ3v) is 8.81. The number of methoxy groups -OCH3 is 2. The van der Waals surface area contributed by atoms with E-state index >= 15 is 0 Å². The molecule has 36 heavy (non-hydrogen) atoms. The van der Waals surface area contributed by atoms with Crippen LogP contribution >= 0.6 is 0 Å². The van der Waals surface area contributed by atoms with Gasteiger partial charge in [0.1, 0.15) is 23.6 Å². The van der Waals surface area contributed by atoms with Gasteiger partial charge in [0.15, 0.2) is 0 Å². The first kappa shape index (κ1) is 26.0. The fourth-order valence-electron chi connectivity index (χ4n) is 5.01. The molecule has 2 aromatic rings. The van der Waals surface area contributed by atoms with E-state index in [-0.39, 0.29) is 23.3 Å². The van der Waals surface area contributed by atoms with Gasteiger partial charge in [0.2, 0.25) is 21.8 Å². The molecule has 2 aromatic carbocycles. The van der Waals surface area contributed by atoms with Gasteiger partial charge in [-0.2, -0.15) is 4.31 Å². The number of benzene rings is 2. The van der Waals surface area contributed by atoms with Crippen molar-refractivity contribution in [2.45, 2.75) is 56.1 Å². The Hall–Kier alpha value is -3.11. The van der Waals surface area contributed by atoms with Crippen LogP contribution in [0.2, 0.25) is 0 Å². The number of carbonyl (C=O) groups is 2. The SMILES string of the molecule is COc1cccc(CNC(=O)[C@@H]2CCCN2C(=O)[C@@H]2CCCN2S(=O)(=O)c2ccc(OC)c(C)c2)c1. The molecule has 194 valence electrons. The monoisotopic (exact) mass is 515 g/mol. The summed E-state index contributed by atoms with van der Waals surface area (Å²) in [4.78, 5) is 28.3. The van der Waals surface area contributed by atoms with Crippen molar-refractivity contribution in [3.63, 3.8) is 0 Å². The Labute approximate surface area is 212 Å². The number of ether oxygens (including phenoxy) is 2. The fraction of sp³-hybridized carbons (Fsp3) is 0.462. The molecule has 0 aromatic heterocycles. The highest BCUT2D eigenvalue weighted by Gasteiger charge is 2.44. The molecular formula is C26H33N3O6S. The third-order valence-electron chi connectivity index (χ3n) is 6.90. The van der Waals surface area contributed by atoms with Gasteiger partial charge in [-0.1, -0.05) is 12.1 Å². The molecule has 2 fully saturated rings. The van der Waals surface area contributed by atoms with Gasteiger partial charge in [0.05, 0.1) is 19.1 Å². The summed E-state index contributed by atoms with van der Waals surface area (Å²) in [5.74, 6) is 0.763. The molecule has 2 saturated heterocycles. The summed E-state index contributed by atoms with van der Waals surface area (Å²) in [5, 5.41) is 2.92. The van der Waals surface area contributed by atoms with Crippen molar-refractivity contribution in [2.75, 3.05) is 27.3 Å². The lowest BCUT2D eigenvalue weighted by Crippen LogP contribution is -2.52. The molecule has 2 aliphatic heterocycles. The number of aryl methyl sites for hydroxylation is 1. The summed E-state index contributed by atoms with van der Waals surface area (Å²) >= 11 is 0. The minimum atomic E-state index is -3.88. The lowest BCUT2D eigenvalue weighted by Gasteiger charge is -2.30. The predicted octanol–water partition coefficient (Wildman–Crippen LogP) is 2.47. The van der Waals surface area contributed by atoms with Crippen LogP contribution in [0.1, 0.15) is 36.8 Å². The number of likely N-dealkylation sites (tertiary alicyclic amines) is 1. The first-order valence-corrected chi connectivity index (χ1v) is 13.6. The van der Waals surface area contributed by atoms with Crippen LogP contribution in [0.15, 0.2) is 47.4 Å². The van der Waals surface area contributed by atoms with Crippen LogP contribution in [0.25, 0.3) is 0 Å². The van der Waals surface area contributed by atoms with Crippen molar-refractivity contribution in [3.8, 4) is 11.5 Å². The van der Waals surface area contributed by atoms with Crippen molar-refractivity contribution < 1.29 is 27.5 Å². The zero-order chi connectivity index (χ0) is 25.9. The quantitative estimate of drug-likeness (QED) is 0.579. The maximum Gasteiger partial charge on any atom is 0.243 e. The minimum absolute atomic E-state index is 0.134. The van der Waals surface area contributed by atoms with Crippen LogP contribution in [0.4, 0.5) is 0 Å². The summed E-state index contributed by atoms with van der Waals surface area (Å²) in [5.41, 5.74) is 1.59. The number of nitrogens with one attached hydrogen (secondary N) is 1. The summed E-state index contributed by atoms with van der Waals surface area (Å²) in [6, 6.07) is 10.7. The van der Waals surface area contributed by atoms with E-state index in [1.165, 1.54) is 17.5 Å². The summed E-state index contributed by atoms with van der Waals surface area (Å²) < 4.78 is 38.7. The molecule has 0 saturated carbocycles. The van der Waals surface area contributed by atoms with Crippen molar-refractivity contribution in [2.24, 2.45) is 0 Å². The smallest absolute Gasteiger partial charge is 0.243 e. The van der Waals surface area contributed by atoms with Gasteiger partial charge in [-0.15, -0.1) is 0 Å². The van der Waals surface area contributed by atoms with E-state index in [1.807, 2.05) is 24.3 Å². The molecule has 2 atom stereocenters. The number of nitrogens with zero attached hydrogens (tertiary/aromatic N) is 2. The van der Waals surface area contributed by atoms with Gasteiger partial charge in [-0.05, 0) is 74.1 Å². The summed E-state index contributed by atoms with van der Waals surface area (Å²) in [7, 11) is -0.765. The Kier molecular flexibility index (Phi) is 7.85. The Morgan fingerprint density at radius 1 is 1.00 bits per heavy atom. The molecule has 1 N–H and O–H groups in total. The number of sulfonamides is 1. The molecule has 0 bridgehead atoms. The molecular weight excluding hydrogens is 482 g/mol. The predicted molar refractivity (Wildman–Crippen MR) is 134 cm³/mol. The Morgan fingerprint density at radius 2 is 1.75 bits per heavy atom. The second-order valence-electron chi connectivity index (χ2n) is 9.16. The summed E-state index contributed by atoms with van der Waals surface area (Å²) in [6.07, 6.45) is 2.26. The van der Waals surface area contributed by atoms with Gasteiger partial charge >= 0.3 is 0 Å². The average molecular weight is 516 g/mol. The van der Waals surface area contributed by atoms with Gasteiger partial charge in [0, 0.05) is 19.6 Å². The van der Waals surface area contributed by atoms with Crippen molar-refractivity contribution in [1.29, 1.82) is 0 Å². The van der Waals surface area contributed by atoms with Gasteiger partial charge < -0.3 is 19.7 Å². The Bertz CT molecular complexity index is 1230. The van der Waals surface area contributed by atoms with E-state index in [4.69, 9.17) is 9.47 Å². The molecule has 0 radical (unpaired) electrons. The van der Waals surface area contributed by atoms with E-state index in [0.29, 0.717) is 55.8 Å². The molecule has 0 unspecified atom stereocenters. The molecule has 9 nitrogen and oxygen atoms in total. The largest absolute Gasteiger partial charge is 0.497 e. The van der Waals surface area contributed by atoms with Crippen LogP contribution in [0.3, 0.4) is 0 Å². The average Bonchev–Trinajstić information content (AvgIpc) is 3.57. The van der Waals surface area contributed by atoms with Crippen molar-refractivity contribution in [1.82, 2.24) is 14.5 Å². The van der Waals surface area contributed by atoms with E-state index in [0.717, 1.165) is 5.56 Å². The first-order valence-electron chi connectivity index (χ1n) is 12.1. The van der Waals surface area contributed by atoms with E-state index in [9.17, 15) is 18.0 Å². The second kappa shape index (κ2) is 10.9. The van der Waals surface area contributed by atoms with Gasteiger partial charge in [0.25, 0.3) is 0 Å². The molecule has 10 heteroatoms. The lowest BCUT2D eigenvalue weighted by molar-refractivity contribution is -0.140.